The number of aliphatic hydroxyl groups excluding tert-OH is 1. The molecule has 6 heteroatoms. The lowest BCUT2D eigenvalue weighted by Crippen LogP contribution is -2.51. The number of hydrogen-bond donors (Lipinski definition) is 3. The van der Waals surface area contributed by atoms with Crippen LogP contribution in [0.2, 0.25) is 0 Å². The monoisotopic (exact) mass is 280 g/mol. The Bertz CT molecular complexity index is 460. The third-order valence-corrected chi connectivity index (χ3v) is 3.85. The van der Waals surface area contributed by atoms with Crippen molar-refractivity contribution in [1.29, 1.82) is 0 Å². The van der Waals surface area contributed by atoms with E-state index in [-0.39, 0.29) is 18.0 Å². The van der Waals surface area contributed by atoms with Gasteiger partial charge in [0.2, 0.25) is 0 Å². The van der Waals surface area contributed by atoms with Crippen LogP contribution in [-0.4, -0.2) is 51.5 Å². The number of aliphatic hydroxyl groups is 1. The second-order valence-electron chi connectivity index (χ2n) is 5.88. The highest BCUT2D eigenvalue weighted by Crippen LogP contribution is 2.17. The van der Waals surface area contributed by atoms with E-state index in [1.807, 2.05) is 26.8 Å². The Labute approximate surface area is 119 Å². The predicted molar refractivity (Wildman–Crippen MR) is 76.4 cm³/mol. The number of aryl methyl sites for hydroxylation is 1. The molecule has 0 spiro atoms. The Morgan fingerprint density at radius 2 is 2.45 bits per heavy atom. The van der Waals surface area contributed by atoms with Gasteiger partial charge in [0.15, 0.2) is 0 Å². The normalized spacial score (nSPS) is 24.5. The van der Waals surface area contributed by atoms with Crippen LogP contribution in [0.1, 0.15) is 31.7 Å². The van der Waals surface area contributed by atoms with Gasteiger partial charge < -0.3 is 15.3 Å². The number of aromatic nitrogens is 2. The molecule has 3 N–H and O–H groups in total. The molecule has 1 saturated heterocycles. The number of nitrogens with zero attached hydrogens (tertiary/aromatic N) is 2. The maximum atomic E-state index is 12.1. The van der Waals surface area contributed by atoms with Gasteiger partial charge in [0.05, 0.1) is 11.8 Å². The van der Waals surface area contributed by atoms with Gasteiger partial charge in [-0.2, -0.15) is 5.10 Å². The standard InChI is InChI=1S/C14H24N4O2/c1-9-4-5-18(8-13(9)19)14(20)15-10(2)6-12-7-11(3)16-17-12/h7,9-10,13,19H,4-6,8H2,1-3H3,(H,15,20)(H,16,17). The summed E-state index contributed by atoms with van der Waals surface area (Å²) in [4.78, 5) is 13.8. The van der Waals surface area contributed by atoms with E-state index in [1.165, 1.54) is 0 Å². The summed E-state index contributed by atoms with van der Waals surface area (Å²) >= 11 is 0. The van der Waals surface area contributed by atoms with Crippen molar-refractivity contribution in [2.24, 2.45) is 5.92 Å². The molecular formula is C14H24N4O2. The smallest absolute Gasteiger partial charge is 0.317 e. The van der Waals surface area contributed by atoms with Crippen molar-refractivity contribution < 1.29 is 9.90 Å². The number of carbonyl (C=O) groups is 1. The molecule has 1 aliphatic heterocycles. The minimum atomic E-state index is -0.418. The van der Waals surface area contributed by atoms with E-state index < -0.39 is 6.10 Å². The van der Waals surface area contributed by atoms with E-state index in [0.717, 1.165) is 17.8 Å². The number of urea groups is 1. The van der Waals surface area contributed by atoms with Crippen LogP contribution in [0, 0.1) is 12.8 Å². The van der Waals surface area contributed by atoms with Crippen LogP contribution in [0.4, 0.5) is 4.79 Å². The van der Waals surface area contributed by atoms with Crippen LogP contribution < -0.4 is 5.32 Å². The van der Waals surface area contributed by atoms with Crippen molar-refractivity contribution in [3.05, 3.63) is 17.5 Å². The molecule has 3 unspecified atom stereocenters. The number of nitrogens with one attached hydrogen (secondary N) is 2. The van der Waals surface area contributed by atoms with Crippen LogP contribution >= 0.6 is 0 Å². The van der Waals surface area contributed by atoms with Crippen LogP contribution in [0.3, 0.4) is 0 Å². The highest BCUT2D eigenvalue weighted by atomic mass is 16.3. The second-order valence-corrected chi connectivity index (χ2v) is 5.88. The van der Waals surface area contributed by atoms with E-state index in [0.29, 0.717) is 19.5 Å². The maximum absolute atomic E-state index is 12.1. The molecule has 2 rings (SSSR count). The zero-order chi connectivity index (χ0) is 14.7. The minimum absolute atomic E-state index is 0.0155. The molecule has 2 heterocycles. The lowest BCUT2D eigenvalue weighted by atomic mass is 9.96. The van der Waals surface area contributed by atoms with Gasteiger partial charge in [-0.3, -0.25) is 5.10 Å². The number of aromatic amines is 1. The molecule has 0 aromatic carbocycles. The van der Waals surface area contributed by atoms with E-state index in [9.17, 15) is 9.90 Å². The molecule has 2 amide bonds. The molecule has 0 bridgehead atoms. The molecule has 20 heavy (non-hydrogen) atoms. The molecule has 112 valence electrons. The maximum Gasteiger partial charge on any atom is 0.317 e. The van der Waals surface area contributed by atoms with Crippen molar-refractivity contribution in [3.63, 3.8) is 0 Å². The number of amides is 2. The summed E-state index contributed by atoms with van der Waals surface area (Å²) in [5, 5.41) is 19.9. The Morgan fingerprint density at radius 3 is 3.05 bits per heavy atom. The molecular weight excluding hydrogens is 256 g/mol. The molecule has 3 atom stereocenters. The zero-order valence-corrected chi connectivity index (χ0v) is 12.4. The summed E-state index contributed by atoms with van der Waals surface area (Å²) in [5.74, 6) is 0.267. The largest absolute Gasteiger partial charge is 0.391 e. The van der Waals surface area contributed by atoms with Gasteiger partial charge in [-0.25, -0.2) is 4.79 Å². The van der Waals surface area contributed by atoms with E-state index in [1.54, 1.807) is 4.90 Å². The van der Waals surface area contributed by atoms with Gasteiger partial charge in [-0.15, -0.1) is 0 Å². The van der Waals surface area contributed by atoms with Gasteiger partial charge in [0.25, 0.3) is 0 Å². The first-order valence-electron chi connectivity index (χ1n) is 7.20. The summed E-state index contributed by atoms with van der Waals surface area (Å²) in [7, 11) is 0. The summed E-state index contributed by atoms with van der Waals surface area (Å²) < 4.78 is 0. The van der Waals surface area contributed by atoms with Crippen LogP contribution in [0.25, 0.3) is 0 Å². The highest BCUT2D eigenvalue weighted by Gasteiger charge is 2.27. The first kappa shape index (κ1) is 14.8. The second kappa shape index (κ2) is 6.26. The molecule has 1 aliphatic rings. The van der Waals surface area contributed by atoms with E-state index in [2.05, 4.69) is 15.5 Å². The van der Waals surface area contributed by atoms with Crippen molar-refractivity contribution in [2.45, 2.75) is 45.8 Å². The van der Waals surface area contributed by atoms with Crippen LogP contribution in [-0.2, 0) is 6.42 Å². The Balaban J connectivity index is 1.81. The van der Waals surface area contributed by atoms with E-state index in [4.69, 9.17) is 0 Å². The first-order chi connectivity index (χ1) is 9.45. The van der Waals surface area contributed by atoms with Gasteiger partial charge >= 0.3 is 6.03 Å². The van der Waals surface area contributed by atoms with E-state index >= 15 is 0 Å². The Hall–Kier alpha value is -1.56. The van der Waals surface area contributed by atoms with Gasteiger partial charge in [-0.1, -0.05) is 6.92 Å². The number of hydrogen-bond acceptors (Lipinski definition) is 3. The van der Waals surface area contributed by atoms with Gasteiger partial charge in [-0.05, 0) is 32.3 Å². The average Bonchev–Trinajstić information content (AvgIpc) is 2.77. The number of likely N-dealkylation sites (tertiary alicyclic amines) is 1. The Kier molecular flexibility index (Phi) is 4.65. The molecule has 6 nitrogen and oxygen atoms in total. The lowest BCUT2D eigenvalue weighted by molar-refractivity contribution is 0.0431. The highest BCUT2D eigenvalue weighted by molar-refractivity contribution is 5.74. The molecule has 1 fully saturated rings. The molecule has 0 saturated carbocycles. The summed E-state index contributed by atoms with van der Waals surface area (Å²) in [6.07, 6.45) is 1.13. The van der Waals surface area contributed by atoms with Crippen LogP contribution in [0.5, 0.6) is 0 Å². The molecule has 0 radical (unpaired) electrons. The third-order valence-electron chi connectivity index (χ3n) is 3.85. The topological polar surface area (TPSA) is 81.2 Å². The number of piperidine rings is 1. The van der Waals surface area contributed by atoms with Crippen molar-refractivity contribution in [1.82, 2.24) is 20.4 Å². The minimum Gasteiger partial charge on any atom is -0.391 e. The zero-order valence-electron chi connectivity index (χ0n) is 12.4. The Morgan fingerprint density at radius 1 is 1.70 bits per heavy atom. The molecule has 1 aromatic rings. The van der Waals surface area contributed by atoms with Crippen molar-refractivity contribution in [3.8, 4) is 0 Å². The fraction of sp³-hybridized carbons (Fsp3) is 0.714. The summed E-state index contributed by atoms with van der Waals surface area (Å²) in [5.41, 5.74) is 1.97. The van der Waals surface area contributed by atoms with Crippen molar-refractivity contribution in [2.75, 3.05) is 13.1 Å². The fourth-order valence-electron chi connectivity index (χ4n) is 2.48. The number of β-amino-alcohol motifs (C(OH)–C–C–N with tert-alkyl or cyclic N) is 1. The quantitative estimate of drug-likeness (QED) is 0.774. The van der Waals surface area contributed by atoms with Crippen LogP contribution in [0.15, 0.2) is 6.07 Å². The molecule has 0 aliphatic carbocycles. The lowest BCUT2D eigenvalue weighted by Gasteiger charge is -2.34. The van der Waals surface area contributed by atoms with Gasteiger partial charge in [0.1, 0.15) is 0 Å². The van der Waals surface area contributed by atoms with Crippen molar-refractivity contribution >= 4 is 6.03 Å². The third kappa shape index (κ3) is 3.72. The fourth-order valence-corrected chi connectivity index (χ4v) is 2.48. The summed E-state index contributed by atoms with van der Waals surface area (Å²) in [6.45, 7) is 7.06. The first-order valence-corrected chi connectivity index (χ1v) is 7.20. The summed E-state index contributed by atoms with van der Waals surface area (Å²) in [6, 6.07) is 1.90. The number of carbonyl (C=O) groups excluding carboxylic acids is 1. The number of rotatable bonds is 3. The predicted octanol–water partition coefficient (Wildman–Crippen LogP) is 1.06. The number of H-pyrrole nitrogens is 1. The molecule has 1 aromatic heterocycles. The SMILES string of the molecule is Cc1cc(CC(C)NC(=O)N2CCC(C)C(O)C2)n[nH]1. The van der Waals surface area contributed by atoms with Gasteiger partial charge in [0, 0.05) is 31.2 Å². The average molecular weight is 280 g/mol.